The summed E-state index contributed by atoms with van der Waals surface area (Å²) < 4.78 is 24.4. The zero-order chi connectivity index (χ0) is 19.2. The first kappa shape index (κ1) is 19.3. The van der Waals surface area contributed by atoms with Gasteiger partial charge in [-0.3, -0.25) is 0 Å². The maximum absolute atomic E-state index is 12.2. The number of allylic oxidation sites excluding steroid dienone is 2. The van der Waals surface area contributed by atoms with Gasteiger partial charge in [0.2, 0.25) is 0 Å². The van der Waals surface area contributed by atoms with Crippen LogP contribution in [0.1, 0.15) is 25.7 Å². The molecule has 1 saturated heterocycles. The van der Waals surface area contributed by atoms with Crippen molar-refractivity contribution in [3.05, 3.63) is 29.5 Å². The third-order valence-corrected chi connectivity index (χ3v) is 5.30. The molecule has 1 aromatic rings. The molecule has 26 heavy (non-hydrogen) atoms. The molecular weight excluding hydrogens is 350 g/mol. The molecule has 0 saturated carbocycles. The summed E-state index contributed by atoms with van der Waals surface area (Å²) in [4.78, 5) is 2.27. The largest absolute Gasteiger partial charge is 0.370 e. The van der Waals surface area contributed by atoms with Crippen LogP contribution < -0.4 is 10.2 Å². The van der Waals surface area contributed by atoms with Gasteiger partial charge in [-0.05, 0) is 31.0 Å². The fourth-order valence-corrected chi connectivity index (χ4v) is 3.78. The molecule has 1 aliphatic rings. The minimum Gasteiger partial charge on any atom is -0.370 e. The van der Waals surface area contributed by atoms with Crippen molar-refractivity contribution in [3.63, 3.8) is 0 Å². The molecule has 7 nitrogen and oxygen atoms in total. The van der Waals surface area contributed by atoms with Crippen LogP contribution in [0.2, 0.25) is 0 Å². The van der Waals surface area contributed by atoms with Gasteiger partial charge < -0.3 is 10.2 Å². The van der Waals surface area contributed by atoms with E-state index >= 15 is 0 Å². The number of hydrogen-bond acceptors (Lipinski definition) is 7. The molecule has 0 bridgehead atoms. The summed E-state index contributed by atoms with van der Waals surface area (Å²) >= 11 is 0. The van der Waals surface area contributed by atoms with Crippen LogP contribution in [0.3, 0.4) is 0 Å². The molecule has 0 radical (unpaired) electrons. The van der Waals surface area contributed by atoms with Crippen molar-refractivity contribution >= 4 is 21.2 Å². The van der Waals surface area contributed by atoms with E-state index in [0.29, 0.717) is 11.4 Å². The topological polar surface area (TPSA) is 121 Å². The Morgan fingerprint density at radius 1 is 1.04 bits per heavy atom. The predicted octanol–water partition coefficient (Wildman–Crippen LogP) is 2.71. The van der Waals surface area contributed by atoms with E-state index in [-0.39, 0.29) is 16.2 Å². The summed E-state index contributed by atoms with van der Waals surface area (Å²) in [6, 6.07) is 9.82. The van der Waals surface area contributed by atoms with E-state index in [2.05, 4.69) is 5.32 Å². The van der Waals surface area contributed by atoms with E-state index in [1.54, 1.807) is 24.3 Å². The number of anilines is 2. The number of nitriles is 3. The Kier molecular flexibility index (Phi) is 6.22. The number of sulfone groups is 1. The highest BCUT2D eigenvalue weighted by Crippen LogP contribution is 2.31. The maximum atomic E-state index is 12.2. The van der Waals surface area contributed by atoms with Crippen LogP contribution in [-0.2, 0) is 9.84 Å². The highest BCUT2D eigenvalue weighted by Gasteiger charge is 2.20. The number of nitrogens with zero attached hydrogens (tertiary/aromatic N) is 4. The van der Waals surface area contributed by atoms with Crippen molar-refractivity contribution in [3.8, 4) is 18.2 Å². The average Bonchev–Trinajstić information content (AvgIpc) is 2.90. The zero-order valence-electron chi connectivity index (χ0n) is 14.5. The maximum Gasteiger partial charge on any atom is 0.177 e. The lowest BCUT2D eigenvalue weighted by atomic mass is 10.2. The van der Waals surface area contributed by atoms with E-state index < -0.39 is 9.84 Å². The minimum atomic E-state index is -3.42. The van der Waals surface area contributed by atoms with Gasteiger partial charge in [-0.15, -0.1) is 0 Å². The highest BCUT2D eigenvalue weighted by atomic mass is 32.2. The fraction of sp³-hybridized carbons (Fsp3) is 0.389. The lowest BCUT2D eigenvalue weighted by Crippen LogP contribution is -2.25. The number of rotatable bonds is 4. The van der Waals surface area contributed by atoms with Gasteiger partial charge in [-0.1, -0.05) is 12.8 Å². The summed E-state index contributed by atoms with van der Waals surface area (Å²) in [7, 11) is -3.42. The standard InChI is InChI=1S/C18H19N5O2S/c1-26(24,25)18-7-6-15(22-16(13-21)14(11-19)12-20)10-17(18)23-8-4-2-3-5-9-23/h6-7,10,22H,2-5,8-9H2,1H3. The molecule has 0 spiro atoms. The van der Waals surface area contributed by atoms with Crippen molar-refractivity contribution in [2.24, 2.45) is 0 Å². The van der Waals surface area contributed by atoms with Crippen molar-refractivity contribution in [2.45, 2.75) is 30.6 Å². The Morgan fingerprint density at radius 3 is 2.15 bits per heavy atom. The molecule has 1 fully saturated rings. The van der Waals surface area contributed by atoms with Crippen LogP contribution >= 0.6 is 0 Å². The first-order chi connectivity index (χ1) is 12.4. The third-order valence-electron chi connectivity index (χ3n) is 4.16. The van der Waals surface area contributed by atoms with Crippen LogP contribution in [0.15, 0.2) is 34.4 Å². The van der Waals surface area contributed by atoms with Crippen LogP contribution in [0.5, 0.6) is 0 Å². The number of benzene rings is 1. The summed E-state index contributed by atoms with van der Waals surface area (Å²) in [5.74, 6) is 0. The molecule has 1 aromatic carbocycles. The Bertz CT molecular complexity index is 921. The molecule has 0 unspecified atom stereocenters. The summed E-state index contributed by atoms with van der Waals surface area (Å²) in [5.41, 5.74) is 0.545. The van der Waals surface area contributed by atoms with Gasteiger partial charge in [-0.25, -0.2) is 8.42 Å². The molecule has 134 valence electrons. The Balaban J connectivity index is 2.50. The fourth-order valence-electron chi connectivity index (χ4n) is 2.89. The van der Waals surface area contributed by atoms with Gasteiger partial charge in [0.05, 0.1) is 10.6 Å². The first-order valence-electron chi connectivity index (χ1n) is 8.21. The average molecular weight is 369 g/mol. The van der Waals surface area contributed by atoms with Crippen molar-refractivity contribution < 1.29 is 8.42 Å². The molecular formula is C18H19N5O2S. The second kappa shape index (κ2) is 8.38. The SMILES string of the molecule is CS(=O)(=O)c1ccc(NC(C#N)=C(C#N)C#N)cc1N1CCCCCC1. The molecule has 0 aromatic heterocycles. The summed E-state index contributed by atoms with van der Waals surface area (Å²) in [6.45, 7) is 1.52. The van der Waals surface area contributed by atoms with Gasteiger partial charge in [0.15, 0.2) is 15.4 Å². The lowest BCUT2D eigenvalue weighted by molar-refractivity contribution is 0.601. The number of hydrogen-bond donors (Lipinski definition) is 1. The van der Waals surface area contributed by atoms with Gasteiger partial charge >= 0.3 is 0 Å². The van der Waals surface area contributed by atoms with Gasteiger partial charge in [0, 0.05) is 25.0 Å². The van der Waals surface area contributed by atoms with Crippen LogP contribution in [0.4, 0.5) is 11.4 Å². The second-order valence-corrected chi connectivity index (χ2v) is 8.05. The molecule has 2 rings (SSSR count). The van der Waals surface area contributed by atoms with Gasteiger partial charge in [0.1, 0.15) is 23.9 Å². The van der Waals surface area contributed by atoms with E-state index in [0.717, 1.165) is 38.8 Å². The van der Waals surface area contributed by atoms with E-state index in [1.807, 2.05) is 4.90 Å². The quantitative estimate of drug-likeness (QED) is 0.810. The number of nitrogens with one attached hydrogen (secondary N) is 1. The van der Waals surface area contributed by atoms with E-state index in [1.165, 1.54) is 18.4 Å². The summed E-state index contributed by atoms with van der Waals surface area (Å²) in [6.07, 6.45) is 5.35. The molecule has 1 N–H and O–H groups in total. The molecule has 0 atom stereocenters. The van der Waals surface area contributed by atoms with E-state index in [4.69, 9.17) is 10.5 Å². The normalized spacial score (nSPS) is 14.3. The molecule has 8 heteroatoms. The Labute approximate surface area is 153 Å². The monoisotopic (exact) mass is 369 g/mol. The Morgan fingerprint density at radius 2 is 1.65 bits per heavy atom. The highest BCUT2D eigenvalue weighted by molar-refractivity contribution is 7.90. The molecule has 1 heterocycles. The smallest absolute Gasteiger partial charge is 0.177 e. The van der Waals surface area contributed by atoms with Crippen molar-refractivity contribution in [1.29, 1.82) is 15.8 Å². The second-order valence-electron chi connectivity index (χ2n) is 6.07. The third kappa shape index (κ3) is 4.53. The molecule has 1 aliphatic heterocycles. The van der Waals surface area contributed by atoms with E-state index in [9.17, 15) is 13.7 Å². The first-order valence-corrected chi connectivity index (χ1v) is 10.1. The Hall–Kier alpha value is -3.02. The minimum absolute atomic E-state index is 0.163. The summed E-state index contributed by atoms with van der Waals surface area (Å²) in [5, 5.41) is 29.8. The van der Waals surface area contributed by atoms with Crippen LogP contribution in [-0.4, -0.2) is 27.8 Å². The molecule has 0 amide bonds. The van der Waals surface area contributed by atoms with Crippen molar-refractivity contribution in [2.75, 3.05) is 29.6 Å². The lowest BCUT2D eigenvalue weighted by Gasteiger charge is -2.25. The van der Waals surface area contributed by atoms with Crippen LogP contribution in [0.25, 0.3) is 0 Å². The van der Waals surface area contributed by atoms with Crippen LogP contribution in [0, 0.1) is 34.0 Å². The molecule has 0 aliphatic carbocycles. The van der Waals surface area contributed by atoms with Gasteiger partial charge in [-0.2, -0.15) is 15.8 Å². The van der Waals surface area contributed by atoms with Crippen molar-refractivity contribution in [1.82, 2.24) is 0 Å². The van der Waals surface area contributed by atoms with Gasteiger partial charge in [0.25, 0.3) is 0 Å². The zero-order valence-corrected chi connectivity index (χ0v) is 15.3. The predicted molar refractivity (Wildman–Crippen MR) is 97.7 cm³/mol.